The van der Waals surface area contributed by atoms with Gasteiger partial charge in [0.1, 0.15) is 23.7 Å². The number of furan rings is 1. The SMILES string of the molecule is Cc1oc2ccc(OCc3cccnc3C(F)(F)F)cc2c1C1(NSC2CC2)CC1. The molecule has 2 heterocycles. The van der Waals surface area contributed by atoms with Crippen LogP contribution in [-0.2, 0) is 18.3 Å². The van der Waals surface area contributed by atoms with Crippen molar-refractivity contribution in [1.82, 2.24) is 9.71 Å². The van der Waals surface area contributed by atoms with E-state index in [2.05, 4.69) is 9.71 Å². The topological polar surface area (TPSA) is 47.3 Å². The molecule has 0 atom stereocenters. The van der Waals surface area contributed by atoms with Crippen molar-refractivity contribution in [3.63, 3.8) is 0 Å². The third-order valence-corrected chi connectivity index (χ3v) is 6.88. The third kappa shape index (κ3) is 3.78. The van der Waals surface area contributed by atoms with Crippen molar-refractivity contribution < 1.29 is 22.3 Å². The van der Waals surface area contributed by atoms with Crippen LogP contribution in [0.3, 0.4) is 0 Å². The number of nitrogens with one attached hydrogen (secondary N) is 1. The zero-order valence-corrected chi connectivity index (χ0v) is 17.2. The van der Waals surface area contributed by atoms with Gasteiger partial charge in [-0.05, 0) is 56.9 Å². The van der Waals surface area contributed by atoms with E-state index < -0.39 is 11.9 Å². The highest BCUT2D eigenvalue weighted by molar-refractivity contribution is 7.98. The van der Waals surface area contributed by atoms with Crippen LogP contribution < -0.4 is 9.46 Å². The second-order valence-corrected chi connectivity index (χ2v) is 9.10. The minimum atomic E-state index is -4.51. The first kappa shape index (κ1) is 19.8. The van der Waals surface area contributed by atoms with E-state index in [1.165, 1.54) is 25.0 Å². The van der Waals surface area contributed by atoms with E-state index in [9.17, 15) is 13.2 Å². The Morgan fingerprint density at radius 3 is 2.77 bits per heavy atom. The van der Waals surface area contributed by atoms with E-state index in [1.54, 1.807) is 18.0 Å². The summed E-state index contributed by atoms with van der Waals surface area (Å²) in [7, 11) is 0. The fourth-order valence-electron chi connectivity index (χ4n) is 3.77. The molecule has 8 heteroatoms. The average Bonchev–Trinajstić information content (AvgIpc) is 3.63. The number of aryl methyl sites for hydroxylation is 1. The highest BCUT2D eigenvalue weighted by atomic mass is 32.2. The Hall–Kier alpha value is -2.19. The zero-order chi connectivity index (χ0) is 20.9. The van der Waals surface area contributed by atoms with E-state index in [0.29, 0.717) is 11.0 Å². The van der Waals surface area contributed by atoms with Gasteiger partial charge in [-0.15, -0.1) is 0 Å². The highest BCUT2D eigenvalue weighted by Crippen LogP contribution is 2.53. The first-order valence-corrected chi connectivity index (χ1v) is 10.8. The number of fused-ring (bicyclic) bond motifs is 1. The van der Waals surface area contributed by atoms with Gasteiger partial charge in [0.05, 0.1) is 5.54 Å². The van der Waals surface area contributed by atoms with Crippen LogP contribution in [0.25, 0.3) is 11.0 Å². The lowest BCUT2D eigenvalue weighted by Gasteiger charge is -2.17. The van der Waals surface area contributed by atoms with E-state index >= 15 is 0 Å². The van der Waals surface area contributed by atoms with Crippen LogP contribution in [0.15, 0.2) is 40.9 Å². The van der Waals surface area contributed by atoms with Gasteiger partial charge >= 0.3 is 6.18 Å². The standard InChI is InChI=1S/C22H21F3N2O2S/c1-13-19(21(8-9-21)27-30-16-5-6-16)17-11-15(4-7-18(17)29-13)28-12-14-3-2-10-26-20(14)22(23,24)25/h2-4,7,10-11,16,27H,5-6,8-9,12H2,1H3. The van der Waals surface area contributed by atoms with Crippen LogP contribution in [0.5, 0.6) is 5.75 Å². The minimum Gasteiger partial charge on any atom is -0.489 e. The number of aromatic nitrogens is 1. The fourth-order valence-corrected chi connectivity index (χ4v) is 4.84. The number of hydrogen-bond acceptors (Lipinski definition) is 5. The Labute approximate surface area is 176 Å². The Kier molecular flexibility index (Phi) is 4.74. The molecule has 30 heavy (non-hydrogen) atoms. The Balaban J connectivity index is 1.40. The smallest absolute Gasteiger partial charge is 0.433 e. The molecule has 2 aliphatic carbocycles. The average molecular weight is 434 g/mol. The van der Waals surface area contributed by atoms with Gasteiger partial charge in [-0.2, -0.15) is 13.2 Å². The minimum absolute atomic E-state index is 0.00913. The fraction of sp³-hybridized carbons (Fsp3) is 0.409. The van der Waals surface area contributed by atoms with Crippen LogP contribution in [0, 0.1) is 6.92 Å². The largest absolute Gasteiger partial charge is 0.489 e. The number of ether oxygens (including phenoxy) is 1. The quantitative estimate of drug-likeness (QED) is 0.454. The molecule has 1 N–H and O–H groups in total. The maximum atomic E-state index is 13.2. The molecular formula is C22H21F3N2O2S. The van der Waals surface area contributed by atoms with Crippen molar-refractivity contribution in [2.75, 3.05) is 0 Å². The maximum absolute atomic E-state index is 13.2. The van der Waals surface area contributed by atoms with Gasteiger partial charge in [0.2, 0.25) is 0 Å². The number of alkyl halides is 3. The number of pyridine rings is 1. The normalized spacial score (nSPS) is 18.0. The first-order chi connectivity index (χ1) is 14.4. The lowest BCUT2D eigenvalue weighted by atomic mass is 10.0. The van der Waals surface area contributed by atoms with Crippen molar-refractivity contribution in [3.05, 3.63) is 59.1 Å². The third-order valence-electron chi connectivity index (χ3n) is 5.56. The van der Waals surface area contributed by atoms with Gasteiger partial charge in [0, 0.05) is 28.0 Å². The summed E-state index contributed by atoms with van der Waals surface area (Å²) in [6.07, 6.45) is 1.22. The maximum Gasteiger partial charge on any atom is 0.433 e. The number of hydrogen-bond donors (Lipinski definition) is 1. The van der Waals surface area contributed by atoms with Crippen LogP contribution in [-0.4, -0.2) is 10.2 Å². The molecule has 2 aliphatic rings. The summed E-state index contributed by atoms with van der Waals surface area (Å²) in [5, 5.41) is 1.65. The molecule has 2 fully saturated rings. The van der Waals surface area contributed by atoms with Gasteiger partial charge in [0.15, 0.2) is 5.69 Å². The summed E-state index contributed by atoms with van der Waals surface area (Å²) in [6.45, 7) is 1.76. The van der Waals surface area contributed by atoms with Crippen LogP contribution >= 0.6 is 11.9 Å². The number of halogens is 3. The summed E-state index contributed by atoms with van der Waals surface area (Å²) in [5.41, 5.74) is 0.901. The van der Waals surface area contributed by atoms with E-state index in [1.807, 2.05) is 19.1 Å². The van der Waals surface area contributed by atoms with Gasteiger partial charge in [-0.25, -0.2) is 0 Å². The molecule has 0 bridgehead atoms. The lowest BCUT2D eigenvalue weighted by molar-refractivity contribution is -0.142. The monoisotopic (exact) mass is 434 g/mol. The van der Waals surface area contributed by atoms with Crippen molar-refractivity contribution in [2.24, 2.45) is 0 Å². The molecule has 0 radical (unpaired) electrons. The van der Waals surface area contributed by atoms with Crippen molar-refractivity contribution in [1.29, 1.82) is 0 Å². The zero-order valence-electron chi connectivity index (χ0n) is 16.4. The predicted octanol–water partition coefficient (Wildman–Crippen LogP) is 6.12. The summed E-state index contributed by atoms with van der Waals surface area (Å²) >= 11 is 1.81. The van der Waals surface area contributed by atoms with Gasteiger partial charge < -0.3 is 9.15 Å². The molecule has 158 valence electrons. The van der Waals surface area contributed by atoms with E-state index in [-0.39, 0.29) is 17.7 Å². The van der Waals surface area contributed by atoms with Crippen LogP contribution in [0.1, 0.15) is 48.3 Å². The molecule has 2 aromatic heterocycles. The Bertz CT molecular complexity index is 1090. The predicted molar refractivity (Wildman–Crippen MR) is 109 cm³/mol. The van der Waals surface area contributed by atoms with Crippen LogP contribution in [0.4, 0.5) is 13.2 Å². The van der Waals surface area contributed by atoms with Crippen molar-refractivity contribution in [3.8, 4) is 5.75 Å². The number of nitrogens with zero attached hydrogens (tertiary/aromatic N) is 1. The Morgan fingerprint density at radius 1 is 1.27 bits per heavy atom. The molecule has 2 saturated carbocycles. The molecule has 0 unspecified atom stereocenters. The first-order valence-electron chi connectivity index (χ1n) is 9.96. The summed E-state index contributed by atoms with van der Waals surface area (Å²) in [6, 6.07) is 8.28. The Morgan fingerprint density at radius 2 is 2.07 bits per heavy atom. The number of benzene rings is 1. The number of rotatable bonds is 7. The van der Waals surface area contributed by atoms with Gasteiger partial charge in [-0.3, -0.25) is 9.71 Å². The van der Waals surface area contributed by atoms with E-state index in [0.717, 1.165) is 41.3 Å². The van der Waals surface area contributed by atoms with Crippen LogP contribution in [0.2, 0.25) is 0 Å². The molecule has 0 aliphatic heterocycles. The molecule has 0 amide bonds. The molecule has 1 aromatic carbocycles. The molecule has 5 rings (SSSR count). The van der Waals surface area contributed by atoms with Crippen molar-refractivity contribution in [2.45, 2.75) is 56.2 Å². The summed E-state index contributed by atoms with van der Waals surface area (Å²) < 4.78 is 54.9. The van der Waals surface area contributed by atoms with E-state index in [4.69, 9.17) is 9.15 Å². The second kappa shape index (κ2) is 7.20. The highest BCUT2D eigenvalue weighted by Gasteiger charge is 2.48. The molecule has 0 saturated heterocycles. The molecular weight excluding hydrogens is 413 g/mol. The van der Waals surface area contributed by atoms with Gasteiger partial charge in [-0.1, -0.05) is 18.0 Å². The second-order valence-electron chi connectivity index (χ2n) is 7.99. The molecule has 0 spiro atoms. The van der Waals surface area contributed by atoms with Gasteiger partial charge in [0.25, 0.3) is 0 Å². The molecule has 4 nitrogen and oxygen atoms in total. The van der Waals surface area contributed by atoms with Crippen molar-refractivity contribution >= 4 is 22.9 Å². The summed E-state index contributed by atoms with van der Waals surface area (Å²) in [5.74, 6) is 1.38. The lowest BCUT2D eigenvalue weighted by Crippen LogP contribution is -2.23. The molecule has 3 aromatic rings. The summed E-state index contributed by atoms with van der Waals surface area (Å²) in [4.78, 5) is 3.48.